The fraction of sp³-hybridized carbons (Fsp3) is 0.435. The summed E-state index contributed by atoms with van der Waals surface area (Å²) < 4.78 is 7.40. The van der Waals surface area contributed by atoms with Gasteiger partial charge in [0.25, 0.3) is 5.91 Å². The van der Waals surface area contributed by atoms with E-state index >= 15 is 0 Å². The highest BCUT2D eigenvalue weighted by molar-refractivity contribution is 6.17. The molecule has 6 heteroatoms. The average Bonchev–Trinajstić information content (AvgIpc) is 2.86. The molecule has 1 amide bonds. The quantitative estimate of drug-likeness (QED) is 0.742. The molecule has 0 spiro atoms. The second-order valence-corrected chi connectivity index (χ2v) is 8.60. The summed E-state index contributed by atoms with van der Waals surface area (Å²) in [6, 6.07) is 7.47. The molecule has 1 aromatic heterocycles. The zero-order valence-electron chi connectivity index (χ0n) is 18.2. The Morgan fingerprint density at radius 2 is 1.90 bits per heavy atom. The summed E-state index contributed by atoms with van der Waals surface area (Å²) in [5.41, 5.74) is 3.00. The minimum Gasteiger partial charge on any atom is -0.459 e. The molecular weight excluding hydrogens is 366 g/mol. The Balaban J connectivity index is 2.16. The van der Waals surface area contributed by atoms with Crippen LogP contribution in [0.15, 0.2) is 30.5 Å². The van der Waals surface area contributed by atoms with Gasteiger partial charge in [-0.3, -0.25) is 4.79 Å². The Labute approximate surface area is 172 Å². The lowest BCUT2D eigenvalue weighted by molar-refractivity contribution is -0.140. The number of ether oxygens (including phenoxy) is 1. The van der Waals surface area contributed by atoms with Gasteiger partial charge in [0.05, 0.1) is 17.5 Å². The maximum Gasteiger partial charge on any atom is 0.342 e. The molecule has 0 fully saturated rings. The Bertz CT molecular complexity index is 999. The van der Waals surface area contributed by atoms with E-state index in [2.05, 4.69) is 0 Å². The standard InChI is InChI=1S/C23H29N3O3/c1-14(2)29-22(28)18-12-26(21(27)17-10-8-9-15(3)11-17)13-23(5,6)20-19(18)25(7)16(4)24-20/h8-12,14H,13H2,1-7H3. The fourth-order valence-electron chi connectivity index (χ4n) is 3.66. The van der Waals surface area contributed by atoms with Crippen LogP contribution in [0.5, 0.6) is 0 Å². The van der Waals surface area contributed by atoms with Crippen molar-refractivity contribution in [3.05, 3.63) is 58.8 Å². The van der Waals surface area contributed by atoms with Crippen LogP contribution >= 0.6 is 0 Å². The highest BCUT2D eigenvalue weighted by Crippen LogP contribution is 2.36. The normalized spacial score (nSPS) is 15.6. The molecule has 0 unspecified atom stereocenters. The number of fused-ring (bicyclic) bond motifs is 1. The van der Waals surface area contributed by atoms with Gasteiger partial charge in [0, 0.05) is 30.8 Å². The van der Waals surface area contributed by atoms with E-state index in [1.54, 1.807) is 17.2 Å². The van der Waals surface area contributed by atoms with Gasteiger partial charge in [0.15, 0.2) is 0 Å². The summed E-state index contributed by atoms with van der Waals surface area (Å²) in [5.74, 6) is 0.204. The number of carbonyl (C=O) groups excluding carboxylic acids is 2. The molecule has 1 aliphatic rings. The smallest absolute Gasteiger partial charge is 0.342 e. The Morgan fingerprint density at radius 3 is 2.52 bits per heavy atom. The van der Waals surface area contributed by atoms with Crippen molar-refractivity contribution in [3.63, 3.8) is 0 Å². The van der Waals surface area contributed by atoms with Crippen LogP contribution in [0.1, 0.15) is 60.8 Å². The van der Waals surface area contributed by atoms with Crippen molar-refractivity contribution in [1.29, 1.82) is 0 Å². The number of hydrogen-bond acceptors (Lipinski definition) is 4. The van der Waals surface area contributed by atoms with Crippen LogP contribution in [0.2, 0.25) is 0 Å². The zero-order chi connectivity index (χ0) is 21.5. The van der Waals surface area contributed by atoms with E-state index in [-0.39, 0.29) is 12.0 Å². The Morgan fingerprint density at radius 1 is 1.21 bits per heavy atom. The molecule has 154 valence electrons. The van der Waals surface area contributed by atoms with Gasteiger partial charge >= 0.3 is 5.97 Å². The molecule has 2 aromatic rings. The van der Waals surface area contributed by atoms with E-state index in [9.17, 15) is 9.59 Å². The second-order valence-electron chi connectivity index (χ2n) is 8.60. The first kappa shape index (κ1) is 20.8. The van der Waals surface area contributed by atoms with E-state index in [0.717, 1.165) is 17.1 Å². The summed E-state index contributed by atoms with van der Waals surface area (Å²) in [5, 5.41) is 0. The van der Waals surface area contributed by atoms with Crippen LogP contribution in [0, 0.1) is 13.8 Å². The molecule has 1 aromatic carbocycles. The van der Waals surface area contributed by atoms with Crippen LogP contribution < -0.4 is 0 Å². The summed E-state index contributed by atoms with van der Waals surface area (Å²) >= 11 is 0. The molecule has 0 saturated heterocycles. The highest BCUT2D eigenvalue weighted by atomic mass is 16.5. The van der Waals surface area contributed by atoms with Crippen molar-refractivity contribution in [2.45, 2.75) is 53.1 Å². The van der Waals surface area contributed by atoms with E-state index in [1.807, 2.05) is 71.4 Å². The number of benzene rings is 1. The highest BCUT2D eigenvalue weighted by Gasteiger charge is 2.38. The molecule has 29 heavy (non-hydrogen) atoms. The van der Waals surface area contributed by atoms with Crippen molar-refractivity contribution < 1.29 is 14.3 Å². The summed E-state index contributed by atoms with van der Waals surface area (Å²) in [6.45, 7) is 12.0. The predicted octanol–water partition coefficient (Wildman–Crippen LogP) is 3.76. The molecule has 0 aliphatic carbocycles. The number of amides is 1. The minimum absolute atomic E-state index is 0.152. The lowest BCUT2D eigenvalue weighted by atomic mass is 9.87. The number of imidazole rings is 1. The molecular formula is C23H29N3O3. The van der Waals surface area contributed by atoms with Gasteiger partial charge in [-0.2, -0.15) is 0 Å². The molecule has 0 N–H and O–H groups in total. The van der Waals surface area contributed by atoms with Crippen molar-refractivity contribution in [3.8, 4) is 0 Å². The maximum absolute atomic E-state index is 13.3. The van der Waals surface area contributed by atoms with Crippen LogP contribution in [-0.4, -0.2) is 39.0 Å². The Kier molecular flexibility index (Phi) is 5.39. The van der Waals surface area contributed by atoms with Crippen molar-refractivity contribution in [2.75, 3.05) is 6.54 Å². The van der Waals surface area contributed by atoms with Gasteiger partial charge < -0.3 is 14.2 Å². The number of nitrogens with zero attached hydrogens (tertiary/aromatic N) is 3. The molecule has 0 saturated carbocycles. The average molecular weight is 396 g/mol. The van der Waals surface area contributed by atoms with Gasteiger partial charge in [-0.05, 0) is 39.8 Å². The van der Waals surface area contributed by atoms with Gasteiger partial charge in [0.2, 0.25) is 0 Å². The SMILES string of the molecule is Cc1cccc(C(=O)N2C=C(C(=O)OC(C)C)c3c(nc(C)n3C)C(C)(C)C2)c1. The monoisotopic (exact) mass is 395 g/mol. The number of rotatable bonds is 3. The van der Waals surface area contributed by atoms with E-state index < -0.39 is 11.4 Å². The van der Waals surface area contributed by atoms with E-state index in [4.69, 9.17) is 9.72 Å². The predicted molar refractivity (Wildman–Crippen MR) is 112 cm³/mol. The maximum atomic E-state index is 13.3. The first-order valence-corrected chi connectivity index (χ1v) is 9.86. The number of esters is 1. The topological polar surface area (TPSA) is 64.4 Å². The van der Waals surface area contributed by atoms with Crippen LogP contribution in [0.4, 0.5) is 0 Å². The number of hydrogen-bond donors (Lipinski definition) is 0. The molecule has 6 nitrogen and oxygen atoms in total. The minimum atomic E-state index is -0.455. The molecule has 3 rings (SSSR count). The molecule has 0 bridgehead atoms. The number of aryl methyl sites for hydroxylation is 2. The molecule has 0 radical (unpaired) electrons. The van der Waals surface area contributed by atoms with Crippen molar-refractivity contribution in [2.24, 2.45) is 7.05 Å². The summed E-state index contributed by atoms with van der Waals surface area (Å²) in [4.78, 5) is 32.6. The van der Waals surface area contributed by atoms with E-state index in [1.165, 1.54) is 0 Å². The summed E-state index contributed by atoms with van der Waals surface area (Å²) in [6.07, 6.45) is 1.36. The number of aromatic nitrogens is 2. The third-order valence-corrected chi connectivity index (χ3v) is 5.15. The zero-order valence-corrected chi connectivity index (χ0v) is 18.2. The number of carbonyl (C=O) groups is 2. The first-order valence-electron chi connectivity index (χ1n) is 9.86. The molecule has 2 heterocycles. The first-order chi connectivity index (χ1) is 13.5. The second kappa shape index (κ2) is 7.50. The third kappa shape index (κ3) is 3.97. The van der Waals surface area contributed by atoms with Crippen molar-refractivity contribution >= 4 is 17.4 Å². The van der Waals surface area contributed by atoms with Crippen LogP contribution in [0.25, 0.3) is 5.57 Å². The van der Waals surface area contributed by atoms with Crippen LogP contribution in [0.3, 0.4) is 0 Å². The summed E-state index contributed by atoms with van der Waals surface area (Å²) in [7, 11) is 1.88. The van der Waals surface area contributed by atoms with Crippen molar-refractivity contribution in [1.82, 2.24) is 14.5 Å². The molecule has 1 aliphatic heterocycles. The third-order valence-electron chi connectivity index (χ3n) is 5.15. The van der Waals surface area contributed by atoms with E-state index in [0.29, 0.717) is 23.4 Å². The fourth-order valence-corrected chi connectivity index (χ4v) is 3.66. The largest absolute Gasteiger partial charge is 0.459 e. The van der Waals surface area contributed by atoms with Crippen LogP contribution in [-0.2, 0) is 22.0 Å². The van der Waals surface area contributed by atoms with Gasteiger partial charge in [-0.25, -0.2) is 9.78 Å². The molecule has 0 atom stereocenters. The lowest BCUT2D eigenvalue weighted by Crippen LogP contribution is -2.37. The lowest BCUT2D eigenvalue weighted by Gasteiger charge is -2.28. The van der Waals surface area contributed by atoms with Gasteiger partial charge in [0.1, 0.15) is 11.4 Å². The Hall–Kier alpha value is -2.89. The van der Waals surface area contributed by atoms with Gasteiger partial charge in [-0.15, -0.1) is 0 Å². The van der Waals surface area contributed by atoms with Gasteiger partial charge in [-0.1, -0.05) is 31.5 Å².